The van der Waals surface area contributed by atoms with E-state index in [-0.39, 0.29) is 17.4 Å². The summed E-state index contributed by atoms with van der Waals surface area (Å²) in [6, 6.07) is 2.84. The number of carbonyl (C=O) groups is 1. The van der Waals surface area contributed by atoms with Crippen LogP contribution in [0.1, 0.15) is 13.3 Å². The first-order chi connectivity index (χ1) is 10.0. The zero-order chi connectivity index (χ0) is 15.4. The Morgan fingerprint density at radius 3 is 2.76 bits per heavy atom. The molecule has 0 saturated carbocycles. The van der Waals surface area contributed by atoms with Gasteiger partial charge in [-0.2, -0.15) is 0 Å². The molecule has 3 N–H and O–H groups in total. The van der Waals surface area contributed by atoms with Gasteiger partial charge in [0.1, 0.15) is 5.82 Å². The second kappa shape index (κ2) is 6.35. The van der Waals surface area contributed by atoms with Gasteiger partial charge in [-0.25, -0.2) is 10.8 Å². The van der Waals surface area contributed by atoms with Crippen LogP contribution in [-0.2, 0) is 4.79 Å². The maximum Gasteiger partial charge on any atom is 0.311 e. The molecule has 0 aliphatic carbocycles. The molecule has 1 amide bonds. The van der Waals surface area contributed by atoms with E-state index in [1.54, 1.807) is 4.90 Å². The zero-order valence-corrected chi connectivity index (χ0v) is 11.8. The molecule has 1 aliphatic heterocycles. The minimum Gasteiger partial charge on any atom is -0.349 e. The summed E-state index contributed by atoms with van der Waals surface area (Å²) in [5, 5.41) is 11.1. The third-order valence-electron chi connectivity index (χ3n) is 3.44. The Labute approximate surface area is 121 Å². The van der Waals surface area contributed by atoms with Crippen molar-refractivity contribution in [1.29, 1.82) is 0 Å². The number of nitrogens with two attached hydrogens (primary N) is 1. The number of rotatable bonds is 3. The van der Waals surface area contributed by atoms with Gasteiger partial charge in [0.2, 0.25) is 11.7 Å². The van der Waals surface area contributed by atoms with Gasteiger partial charge in [-0.05, 0) is 12.5 Å². The topological polar surface area (TPSA) is 118 Å². The molecule has 0 aromatic carbocycles. The first kappa shape index (κ1) is 15.0. The van der Waals surface area contributed by atoms with E-state index in [2.05, 4.69) is 10.4 Å². The summed E-state index contributed by atoms with van der Waals surface area (Å²) in [4.78, 5) is 29.9. The summed E-state index contributed by atoms with van der Waals surface area (Å²) < 4.78 is 0. The number of nitrogens with zero attached hydrogens (tertiary/aromatic N) is 4. The zero-order valence-electron chi connectivity index (χ0n) is 11.8. The lowest BCUT2D eigenvalue weighted by Crippen LogP contribution is -2.34. The van der Waals surface area contributed by atoms with Gasteiger partial charge < -0.3 is 15.2 Å². The van der Waals surface area contributed by atoms with Crippen molar-refractivity contribution in [2.24, 2.45) is 5.84 Å². The van der Waals surface area contributed by atoms with Crippen LogP contribution >= 0.6 is 0 Å². The van der Waals surface area contributed by atoms with E-state index in [9.17, 15) is 14.9 Å². The van der Waals surface area contributed by atoms with Gasteiger partial charge in [-0.3, -0.25) is 14.9 Å². The number of carbonyl (C=O) groups excluding carboxylic acids is 1. The lowest BCUT2D eigenvalue weighted by Gasteiger charge is -2.22. The Hall–Kier alpha value is -2.42. The van der Waals surface area contributed by atoms with Gasteiger partial charge >= 0.3 is 5.69 Å². The second-order valence-corrected chi connectivity index (χ2v) is 4.79. The monoisotopic (exact) mass is 294 g/mol. The number of aromatic nitrogens is 1. The van der Waals surface area contributed by atoms with Gasteiger partial charge in [0.15, 0.2) is 0 Å². The molecule has 1 saturated heterocycles. The summed E-state index contributed by atoms with van der Waals surface area (Å²) in [5.41, 5.74) is 2.33. The minimum absolute atomic E-state index is 0.0108. The average molecular weight is 294 g/mol. The van der Waals surface area contributed by atoms with Crippen LogP contribution in [-0.4, -0.2) is 46.9 Å². The van der Waals surface area contributed by atoms with E-state index >= 15 is 0 Å². The molecule has 21 heavy (non-hydrogen) atoms. The molecular weight excluding hydrogens is 276 g/mol. The van der Waals surface area contributed by atoms with Crippen LogP contribution in [0.3, 0.4) is 0 Å². The first-order valence-electron chi connectivity index (χ1n) is 6.65. The molecule has 9 nitrogen and oxygen atoms in total. The summed E-state index contributed by atoms with van der Waals surface area (Å²) in [6.07, 6.45) is 0.735. The number of anilines is 2. The quantitative estimate of drug-likeness (QED) is 0.468. The molecule has 9 heteroatoms. The number of hydrogen-bond acceptors (Lipinski definition) is 7. The normalized spacial score (nSPS) is 15.5. The summed E-state index contributed by atoms with van der Waals surface area (Å²) in [5.74, 6) is 5.97. The molecule has 2 heterocycles. The van der Waals surface area contributed by atoms with Crippen LogP contribution in [0.4, 0.5) is 17.3 Å². The van der Waals surface area contributed by atoms with Crippen molar-refractivity contribution in [3.8, 4) is 0 Å². The summed E-state index contributed by atoms with van der Waals surface area (Å²) in [6.45, 7) is 3.80. The van der Waals surface area contributed by atoms with Crippen molar-refractivity contribution in [2.45, 2.75) is 13.3 Å². The average Bonchev–Trinajstić information content (AvgIpc) is 2.72. The Bertz CT molecular complexity index is 550. The highest BCUT2D eigenvalue weighted by atomic mass is 16.6. The molecular formula is C12H18N6O3. The van der Waals surface area contributed by atoms with Gasteiger partial charge in [-0.15, -0.1) is 0 Å². The van der Waals surface area contributed by atoms with Crippen molar-refractivity contribution in [2.75, 3.05) is 36.5 Å². The highest BCUT2D eigenvalue weighted by molar-refractivity contribution is 5.73. The number of pyridine rings is 1. The van der Waals surface area contributed by atoms with Crippen molar-refractivity contribution in [3.05, 3.63) is 22.2 Å². The van der Waals surface area contributed by atoms with Crippen LogP contribution in [0.5, 0.6) is 0 Å². The van der Waals surface area contributed by atoms with Gasteiger partial charge in [0.05, 0.1) is 4.92 Å². The van der Waals surface area contributed by atoms with Crippen molar-refractivity contribution >= 4 is 23.2 Å². The molecule has 2 rings (SSSR count). The van der Waals surface area contributed by atoms with E-state index in [4.69, 9.17) is 5.84 Å². The largest absolute Gasteiger partial charge is 0.349 e. The minimum atomic E-state index is -0.462. The van der Waals surface area contributed by atoms with Crippen LogP contribution in [0.15, 0.2) is 12.1 Å². The molecule has 1 aromatic rings. The summed E-state index contributed by atoms with van der Waals surface area (Å²) in [7, 11) is 0. The molecule has 0 bridgehead atoms. The van der Waals surface area contributed by atoms with Crippen LogP contribution in [0, 0.1) is 10.1 Å². The molecule has 1 aliphatic rings. The van der Waals surface area contributed by atoms with E-state index in [1.807, 2.05) is 4.90 Å². The molecule has 1 fully saturated rings. The fraction of sp³-hybridized carbons (Fsp3) is 0.500. The maximum atomic E-state index is 11.4. The lowest BCUT2D eigenvalue weighted by atomic mass is 10.3. The Balaban J connectivity index is 2.27. The predicted octanol–water partition coefficient (Wildman–Crippen LogP) is 0.334. The third kappa shape index (κ3) is 3.37. The van der Waals surface area contributed by atoms with Gasteiger partial charge in [0.25, 0.3) is 0 Å². The fourth-order valence-electron chi connectivity index (χ4n) is 2.34. The number of amides is 1. The third-order valence-corrected chi connectivity index (χ3v) is 3.44. The Kier molecular flexibility index (Phi) is 4.53. The number of hydrazine groups is 1. The number of hydrogen-bond donors (Lipinski definition) is 2. The molecule has 0 spiro atoms. The predicted molar refractivity (Wildman–Crippen MR) is 77.8 cm³/mol. The summed E-state index contributed by atoms with van der Waals surface area (Å²) >= 11 is 0. The molecule has 1 aromatic heterocycles. The number of nitrogens with one attached hydrogen (secondary N) is 1. The maximum absolute atomic E-state index is 11.4. The van der Waals surface area contributed by atoms with E-state index in [1.165, 1.54) is 19.1 Å². The van der Waals surface area contributed by atoms with E-state index in [0.29, 0.717) is 32.0 Å². The van der Waals surface area contributed by atoms with Crippen molar-refractivity contribution in [3.63, 3.8) is 0 Å². The van der Waals surface area contributed by atoms with Gasteiger partial charge in [-0.1, -0.05) is 0 Å². The Morgan fingerprint density at radius 2 is 2.14 bits per heavy atom. The van der Waals surface area contributed by atoms with Crippen LogP contribution in [0.25, 0.3) is 0 Å². The SMILES string of the molecule is CC(=O)N1CCCN(c2nc(NN)ccc2[N+](=O)[O-])CC1. The Morgan fingerprint density at radius 1 is 1.38 bits per heavy atom. The number of nitrogen functional groups attached to an aromatic ring is 1. The highest BCUT2D eigenvalue weighted by Crippen LogP contribution is 2.28. The van der Waals surface area contributed by atoms with Crippen LogP contribution < -0.4 is 16.2 Å². The van der Waals surface area contributed by atoms with Crippen molar-refractivity contribution < 1.29 is 9.72 Å². The van der Waals surface area contributed by atoms with Gasteiger partial charge in [0, 0.05) is 39.2 Å². The molecule has 114 valence electrons. The fourth-order valence-corrected chi connectivity index (χ4v) is 2.34. The highest BCUT2D eigenvalue weighted by Gasteiger charge is 2.24. The van der Waals surface area contributed by atoms with E-state index in [0.717, 1.165) is 6.42 Å². The standard InChI is InChI=1S/C12H18N6O3/c1-9(19)16-5-2-6-17(8-7-16)12-10(18(20)21)3-4-11(14-12)15-13/h3-4H,2,5-8,13H2,1H3,(H,14,15). The molecule has 0 unspecified atom stereocenters. The smallest absolute Gasteiger partial charge is 0.311 e. The second-order valence-electron chi connectivity index (χ2n) is 4.79. The number of nitro groups is 1. The molecule has 0 radical (unpaired) electrons. The van der Waals surface area contributed by atoms with Crippen LogP contribution in [0.2, 0.25) is 0 Å². The van der Waals surface area contributed by atoms with Crippen molar-refractivity contribution in [1.82, 2.24) is 9.88 Å². The van der Waals surface area contributed by atoms with E-state index < -0.39 is 4.92 Å². The molecule has 0 atom stereocenters. The lowest BCUT2D eigenvalue weighted by molar-refractivity contribution is -0.384. The first-order valence-corrected chi connectivity index (χ1v) is 6.65.